The number of fused-ring (bicyclic) bond motifs is 1. The normalized spacial score (nSPS) is 19.2. The van der Waals surface area contributed by atoms with Gasteiger partial charge in [0.1, 0.15) is 5.69 Å². The third-order valence-corrected chi connectivity index (χ3v) is 5.30. The summed E-state index contributed by atoms with van der Waals surface area (Å²) in [6.07, 6.45) is 2.05. The molecule has 4 rings (SSSR count). The third-order valence-electron chi connectivity index (χ3n) is 4.93. The third kappa shape index (κ3) is 3.84. The number of hydrogen-bond acceptors (Lipinski definition) is 4. The zero-order chi connectivity index (χ0) is 18.8. The molecule has 1 aromatic heterocycles. The van der Waals surface area contributed by atoms with Gasteiger partial charge in [-0.25, -0.2) is 0 Å². The van der Waals surface area contributed by atoms with Crippen LogP contribution in [0.2, 0.25) is 5.02 Å². The number of benzene rings is 1. The summed E-state index contributed by atoms with van der Waals surface area (Å²) in [5.41, 5.74) is 1.58. The molecular formula is C19H21ClN4O3. The van der Waals surface area contributed by atoms with Crippen LogP contribution in [0.1, 0.15) is 39.4 Å². The second-order valence-electron chi connectivity index (χ2n) is 6.80. The number of aromatic nitrogens is 2. The van der Waals surface area contributed by atoms with Crippen LogP contribution < -0.4 is 5.32 Å². The topological polar surface area (TPSA) is 76.5 Å². The minimum atomic E-state index is -0.280. The molecule has 0 saturated carbocycles. The van der Waals surface area contributed by atoms with Gasteiger partial charge < -0.3 is 15.0 Å². The van der Waals surface area contributed by atoms with Crippen LogP contribution in [-0.4, -0.2) is 52.3 Å². The molecule has 2 aliphatic heterocycles. The first-order chi connectivity index (χ1) is 13.1. The summed E-state index contributed by atoms with van der Waals surface area (Å²) in [5.74, 6) is -0.426. The van der Waals surface area contributed by atoms with Gasteiger partial charge >= 0.3 is 0 Å². The number of ether oxygens (including phenoxy) is 1. The summed E-state index contributed by atoms with van der Waals surface area (Å²) in [6.45, 7) is 2.72. The Hall–Kier alpha value is -2.38. The molecule has 1 aromatic carbocycles. The molecule has 1 N–H and O–H groups in total. The molecule has 142 valence electrons. The van der Waals surface area contributed by atoms with E-state index in [1.807, 2.05) is 24.3 Å². The molecule has 0 bridgehead atoms. The van der Waals surface area contributed by atoms with Crippen molar-refractivity contribution in [1.29, 1.82) is 0 Å². The first kappa shape index (κ1) is 18.0. The van der Waals surface area contributed by atoms with Crippen LogP contribution in [-0.2, 0) is 17.8 Å². The van der Waals surface area contributed by atoms with E-state index in [2.05, 4.69) is 10.4 Å². The van der Waals surface area contributed by atoms with E-state index in [0.717, 1.165) is 25.0 Å². The molecule has 8 heteroatoms. The molecular weight excluding hydrogens is 368 g/mol. The highest BCUT2D eigenvalue weighted by molar-refractivity contribution is 6.31. The SMILES string of the molecule is O=C(NCC1CCCO1)c1cc2n(n1)CCN(Cc1ccccc1Cl)C2=O. The van der Waals surface area contributed by atoms with Crippen LogP contribution in [0.3, 0.4) is 0 Å². The fourth-order valence-electron chi connectivity index (χ4n) is 3.43. The Morgan fingerprint density at radius 3 is 2.96 bits per heavy atom. The molecule has 27 heavy (non-hydrogen) atoms. The summed E-state index contributed by atoms with van der Waals surface area (Å²) < 4.78 is 7.11. The average molecular weight is 389 g/mol. The second kappa shape index (κ2) is 7.70. The van der Waals surface area contributed by atoms with E-state index in [0.29, 0.717) is 36.9 Å². The summed E-state index contributed by atoms with van der Waals surface area (Å²) in [7, 11) is 0. The van der Waals surface area contributed by atoms with Crippen LogP contribution in [0, 0.1) is 0 Å². The molecule has 3 heterocycles. The largest absolute Gasteiger partial charge is 0.376 e. The molecule has 0 radical (unpaired) electrons. The fourth-order valence-corrected chi connectivity index (χ4v) is 3.63. The van der Waals surface area contributed by atoms with Crippen molar-refractivity contribution in [2.75, 3.05) is 19.7 Å². The molecule has 1 fully saturated rings. The van der Waals surface area contributed by atoms with Gasteiger partial charge in [0.15, 0.2) is 5.69 Å². The maximum Gasteiger partial charge on any atom is 0.272 e. The predicted octanol–water partition coefficient (Wildman–Crippen LogP) is 2.10. The molecule has 1 atom stereocenters. The Bertz CT molecular complexity index is 860. The van der Waals surface area contributed by atoms with Gasteiger partial charge in [0.2, 0.25) is 0 Å². The molecule has 7 nitrogen and oxygen atoms in total. The van der Waals surface area contributed by atoms with Crippen molar-refractivity contribution in [2.24, 2.45) is 0 Å². The predicted molar refractivity (Wildman–Crippen MR) is 99.7 cm³/mol. The highest BCUT2D eigenvalue weighted by Gasteiger charge is 2.28. The zero-order valence-electron chi connectivity index (χ0n) is 14.9. The van der Waals surface area contributed by atoms with Crippen molar-refractivity contribution in [3.63, 3.8) is 0 Å². The number of hydrogen-bond donors (Lipinski definition) is 1. The lowest BCUT2D eigenvalue weighted by Gasteiger charge is -2.27. The van der Waals surface area contributed by atoms with Gasteiger partial charge in [0.25, 0.3) is 11.8 Å². The maximum absolute atomic E-state index is 12.8. The van der Waals surface area contributed by atoms with Gasteiger partial charge in [-0.1, -0.05) is 29.8 Å². The van der Waals surface area contributed by atoms with Crippen molar-refractivity contribution in [3.8, 4) is 0 Å². The summed E-state index contributed by atoms with van der Waals surface area (Å²) in [4.78, 5) is 26.9. The minimum absolute atomic E-state index is 0.0685. The van der Waals surface area contributed by atoms with Crippen LogP contribution in [0.15, 0.2) is 30.3 Å². The van der Waals surface area contributed by atoms with Gasteiger partial charge in [-0.05, 0) is 24.5 Å². The minimum Gasteiger partial charge on any atom is -0.376 e. The van der Waals surface area contributed by atoms with Crippen molar-refractivity contribution in [1.82, 2.24) is 20.0 Å². The fraction of sp³-hybridized carbons (Fsp3) is 0.421. The van der Waals surface area contributed by atoms with Gasteiger partial charge in [0.05, 0.1) is 12.6 Å². The Balaban J connectivity index is 1.43. The molecule has 2 amide bonds. The van der Waals surface area contributed by atoms with E-state index in [1.165, 1.54) is 0 Å². The Kier molecular flexibility index (Phi) is 5.13. The van der Waals surface area contributed by atoms with Crippen molar-refractivity contribution < 1.29 is 14.3 Å². The van der Waals surface area contributed by atoms with Gasteiger partial charge in [0, 0.05) is 37.3 Å². The molecule has 1 unspecified atom stereocenters. The Labute approximate surface area is 162 Å². The highest BCUT2D eigenvalue weighted by Crippen LogP contribution is 2.21. The van der Waals surface area contributed by atoms with Crippen LogP contribution >= 0.6 is 11.6 Å². The van der Waals surface area contributed by atoms with E-state index >= 15 is 0 Å². The lowest BCUT2D eigenvalue weighted by Crippen LogP contribution is -2.39. The second-order valence-corrected chi connectivity index (χ2v) is 7.21. The lowest BCUT2D eigenvalue weighted by molar-refractivity contribution is 0.0683. The van der Waals surface area contributed by atoms with E-state index in [1.54, 1.807) is 15.6 Å². The highest BCUT2D eigenvalue weighted by atomic mass is 35.5. The summed E-state index contributed by atoms with van der Waals surface area (Å²) in [6, 6.07) is 9.04. The quantitative estimate of drug-likeness (QED) is 0.851. The Morgan fingerprint density at radius 2 is 2.19 bits per heavy atom. The van der Waals surface area contributed by atoms with E-state index < -0.39 is 0 Å². The van der Waals surface area contributed by atoms with Crippen LogP contribution in [0.4, 0.5) is 0 Å². The molecule has 2 aliphatic rings. The number of nitrogens with zero attached hydrogens (tertiary/aromatic N) is 3. The smallest absolute Gasteiger partial charge is 0.272 e. The summed E-state index contributed by atoms with van der Waals surface area (Å²) in [5, 5.41) is 7.77. The van der Waals surface area contributed by atoms with Crippen molar-refractivity contribution >= 4 is 23.4 Å². The van der Waals surface area contributed by atoms with Crippen LogP contribution in [0.25, 0.3) is 0 Å². The number of carbonyl (C=O) groups is 2. The maximum atomic E-state index is 12.8. The van der Waals surface area contributed by atoms with Gasteiger partial charge in [-0.3, -0.25) is 14.3 Å². The van der Waals surface area contributed by atoms with E-state index in [4.69, 9.17) is 16.3 Å². The molecule has 2 aromatic rings. The van der Waals surface area contributed by atoms with Crippen LogP contribution in [0.5, 0.6) is 0 Å². The molecule has 0 spiro atoms. The number of carbonyl (C=O) groups excluding carboxylic acids is 2. The van der Waals surface area contributed by atoms with Crippen molar-refractivity contribution in [2.45, 2.75) is 32.0 Å². The first-order valence-corrected chi connectivity index (χ1v) is 9.50. The average Bonchev–Trinajstić information content (AvgIpc) is 3.33. The standard InChI is InChI=1S/C19H21ClN4O3/c20-15-6-2-1-4-13(15)12-23-7-8-24-17(19(23)26)10-16(22-24)18(25)21-11-14-5-3-9-27-14/h1-2,4,6,10,14H,3,5,7-9,11-12H2,(H,21,25). The zero-order valence-corrected chi connectivity index (χ0v) is 15.6. The van der Waals surface area contributed by atoms with Gasteiger partial charge in [-0.2, -0.15) is 5.10 Å². The lowest BCUT2D eigenvalue weighted by atomic mass is 10.2. The van der Waals surface area contributed by atoms with Gasteiger partial charge in [-0.15, -0.1) is 0 Å². The Morgan fingerprint density at radius 1 is 1.33 bits per heavy atom. The van der Waals surface area contributed by atoms with E-state index in [9.17, 15) is 9.59 Å². The monoisotopic (exact) mass is 388 g/mol. The van der Waals surface area contributed by atoms with Crippen molar-refractivity contribution in [3.05, 3.63) is 52.3 Å². The first-order valence-electron chi connectivity index (χ1n) is 9.12. The summed E-state index contributed by atoms with van der Waals surface area (Å²) >= 11 is 6.21. The molecule has 1 saturated heterocycles. The number of nitrogens with one attached hydrogen (secondary N) is 1. The number of halogens is 1. The molecule has 0 aliphatic carbocycles. The number of rotatable bonds is 5. The van der Waals surface area contributed by atoms with E-state index in [-0.39, 0.29) is 23.6 Å². The number of amides is 2.